The maximum atomic E-state index is 6.80. The molecule has 0 fully saturated rings. The van der Waals surface area contributed by atoms with Crippen molar-refractivity contribution in [2.75, 3.05) is 52.9 Å². The van der Waals surface area contributed by atoms with Crippen molar-refractivity contribution in [3.05, 3.63) is 0 Å². The molecule has 0 spiro atoms. The minimum absolute atomic E-state index is 0.548. The van der Waals surface area contributed by atoms with Gasteiger partial charge < -0.3 is 0 Å². The molecule has 0 aliphatic heterocycles. The van der Waals surface area contributed by atoms with E-state index in [1.54, 1.807) is 0 Å². The van der Waals surface area contributed by atoms with Gasteiger partial charge in [0.15, 0.2) is 0 Å². The van der Waals surface area contributed by atoms with Gasteiger partial charge in [-0.3, -0.25) is 0 Å². The SMILES string of the molecule is CCCCC(CC)C[O][Ti]([O]CC(CC)CCCC)([O]CC(CC)CCCC)[O]CC(CC)CCCC.CCCC[O][Ti]([O]CCCC)([O]CCCC)[O]CCCC. The molecule has 0 aromatic heterocycles. The molecule has 0 heterocycles. The van der Waals surface area contributed by atoms with Crippen molar-refractivity contribution in [2.45, 2.75) is 237 Å². The minimum atomic E-state index is -3.93. The number of unbranched alkanes of at least 4 members (excludes halogenated alkanes) is 8. The van der Waals surface area contributed by atoms with Gasteiger partial charge in [-0.2, -0.15) is 0 Å². The second kappa shape index (κ2) is 44.7. The summed E-state index contributed by atoms with van der Waals surface area (Å²) < 4.78 is 51.3. The Balaban J connectivity index is 0. The van der Waals surface area contributed by atoms with E-state index in [-0.39, 0.29) is 0 Å². The zero-order valence-electron chi connectivity index (χ0n) is 41.2. The average Bonchev–Trinajstić information content (AvgIpc) is 3.24. The summed E-state index contributed by atoms with van der Waals surface area (Å²) in [5.41, 5.74) is 0. The van der Waals surface area contributed by atoms with Gasteiger partial charge in [0.05, 0.1) is 0 Å². The molecule has 352 valence electrons. The predicted octanol–water partition coefficient (Wildman–Crippen LogP) is 15.8. The molecule has 4 unspecified atom stereocenters. The van der Waals surface area contributed by atoms with E-state index in [2.05, 4.69) is 83.1 Å². The van der Waals surface area contributed by atoms with E-state index in [4.69, 9.17) is 26.5 Å². The first-order chi connectivity index (χ1) is 28.2. The van der Waals surface area contributed by atoms with E-state index in [0.717, 1.165) is 77.0 Å². The third-order valence-corrected chi connectivity index (χ3v) is 18.0. The van der Waals surface area contributed by atoms with Gasteiger partial charge in [0.2, 0.25) is 0 Å². The second-order valence-electron chi connectivity index (χ2n) is 16.7. The molecule has 0 saturated heterocycles. The van der Waals surface area contributed by atoms with E-state index >= 15 is 0 Å². The van der Waals surface area contributed by atoms with E-state index in [1.165, 1.54) is 77.0 Å². The fourth-order valence-electron chi connectivity index (χ4n) is 6.34. The molecule has 10 heteroatoms. The topological polar surface area (TPSA) is 73.8 Å². The molecule has 0 aliphatic rings. The Morgan fingerprint density at radius 2 is 0.448 bits per heavy atom. The molecule has 8 nitrogen and oxygen atoms in total. The maximum absolute atomic E-state index is 6.80. The van der Waals surface area contributed by atoms with Gasteiger partial charge in [0, 0.05) is 0 Å². The van der Waals surface area contributed by atoms with Gasteiger partial charge >= 0.3 is 377 Å². The normalized spacial score (nSPS) is 15.1. The summed E-state index contributed by atoms with van der Waals surface area (Å²) >= 11 is -7.45. The molecule has 0 amide bonds. The molecule has 0 bridgehead atoms. The van der Waals surface area contributed by atoms with Gasteiger partial charge in [-0.25, -0.2) is 0 Å². The van der Waals surface area contributed by atoms with Crippen molar-refractivity contribution in [3.8, 4) is 0 Å². The van der Waals surface area contributed by atoms with Crippen LogP contribution >= 0.6 is 0 Å². The summed E-state index contributed by atoms with van der Waals surface area (Å²) in [6.07, 6.45) is 27.8. The van der Waals surface area contributed by atoms with Crippen LogP contribution in [0, 0.1) is 23.7 Å². The Morgan fingerprint density at radius 3 is 0.621 bits per heavy atom. The number of hydrogen-bond donors (Lipinski definition) is 0. The Hall–Kier alpha value is 1.11. The van der Waals surface area contributed by atoms with Crippen LogP contribution in [0.15, 0.2) is 0 Å². The van der Waals surface area contributed by atoms with Gasteiger partial charge in [0.25, 0.3) is 0 Å². The van der Waals surface area contributed by atoms with E-state index in [1.807, 2.05) is 0 Å². The average molecular weight is 905 g/mol. The molecule has 0 radical (unpaired) electrons. The fraction of sp³-hybridized carbons (Fsp3) is 1.00. The first-order valence-electron chi connectivity index (χ1n) is 25.3. The third-order valence-electron chi connectivity index (χ3n) is 11.3. The van der Waals surface area contributed by atoms with Crippen LogP contribution < -0.4 is 0 Å². The molecular formula is C48H104O8Ti2. The van der Waals surface area contributed by atoms with Crippen molar-refractivity contribution >= 4 is 0 Å². The van der Waals surface area contributed by atoms with Gasteiger partial charge in [-0.1, -0.05) is 0 Å². The summed E-state index contributed by atoms with van der Waals surface area (Å²) in [6.45, 7) is 32.4. The van der Waals surface area contributed by atoms with Gasteiger partial charge in [0.1, 0.15) is 0 Å². The molecule has 0 aromatic rings. The fourth-order valence-corrected chi connectivity index (χ4v) is 13.1. The molecule has 58 heavy (non-hydrogen) atoms. The van der Waals surface area contributed by atoms with Crippen LogP contribution in [0.1, 0.15) is 237 Å². The Morgan fingerprint density at radius 1 is 0.259 bits per heavy atom. The molecule has 0 rings (SSSR count). The number of hydrogen-bond acceptors (Lipinski definition) is 8. The van der Waals surface area contributed by atoms with Crippen LogP contribution in [-0.2, 0) is 62.8 Å². The van der Waals surface area contributed by atoms with E-state index in [9.17, 15) is 0 Å². The molecule has 0 N–H and O–H groups in total. The van der Waals surface area contributed by atoms with Gasteiger partial charge in [-0.05, 0) is 0 Å². The second-order valence-corrected chi connectivity index (χ2v) is 23.4. The summed E-state index contributed by atoms with van der Waals surface area (Å²) in [6, 6.07) is 0. The Labute approximate surface area is 374 Å². The Bertz CT molecular complexity index is 679. The third kappa shape index (κ3) is 33.6. The van der Waals surface area contributed by atoms with Crippen LogP contribution in [-0.4, -0.2) is 52.9 Å². The van der Waals surface area contributed by atoms with Crippen molar-refractivity contribution in [2.24, 2.45) is 23.7 Å². The van der Waals surface area contributed by atoms with E-state index in [0.29, 0.717) is 76.5 Å². The number of rotatable bonds is 44. The molecule has 0 aliphatic carbocycles. The van der Waals surface area contributed by atoms with E-state index < -0.39 is 36.3 Å². The zero-order chi connectivity index (χ0) is 43.6. The van der Waals surface area contributed by atoms with Crippen molar-refractivity contribution < 1.29 is 62.8 Å². The molecule has 0 saturated carbocycles. The first-order valence-corrected chi connectivity index (χ1v) is 30.4. The van der Waals surface area contributed by atoms with Crippen molar-refractivity contribution in [1.29, 1.82) is 0 Å². The molecular weight excluding hydrogens is 800 g/mol. The first kappa shape index (κ1) is 61.2. The summed E-state index contributed by atoms with van der Waals surface area (Å²) in [7, 11) is 0. The zero-order valence-corrected chi connectivity index (χ0v) is 44.3. The quantitative estimate of drug-likeness (QED) is 0.0442. The summed E-state index contributed by atoms with van der Waals surface area (Å²) in [5, 5.41) is 0. The van der Waals surface area contributed by atoms with Crippen LogP contribution in [0.5, 0.6) is 0 Å². The Kier molecular flexibility index (Phi) is 47.2. The van der Waals surface area contributed by atoms with Crippen LogP contribution in [0.2, 0.25) is 0 Å². The van der Waals surface area contributed by atoms with Crippen molar-refractivity contribution in [3.63, 3.8) is 0 Å². The van der Waals surface area contributed by atoms with Crippen molar-refractivity contribution in [1.82, 2.24) is 0 Å². The van der Waals surface area contributed by atoms with Crippen LogP contribution in [0.3, 0.4) is 0 Å². The monoisotopic (exact) mass is 905 g/mol. The summed E-state index contributed by atoms with van der Waals surface area (Å²) in [4.78, 5) is 0. The standard InChI is InChI=1S/4C8H17O.4C4H9O.2Ti/c4*1-3-5-6-8(4-2)7-9;4*1-2-3-4-5;;/h4*8H,3-7H2,1-2H3;4*2-4H2,1H3;;/q8*-1;2*+4. The van der Waals surface area contributed by atoms with Crippen LogP contribution in [0.25, 0.3) is 0 Å². The van der Waals surface area contributed by atoms with Gasteiger partial charge in [-0.15, -0.1) is 0 Å². The summed E-state index contributed by atoms with van der Waals surface area (Å²) in [5.74, 6) is 2.19. The predicted molar refractivity (Wildman–Crippen MR) is 240 cm³/mol. The molecule has 4 atom stereocenters. The van der Waals surface area contributed by atoms with Crippen LogP contribution in [0.4, 0.5) is 0 Å². The molecule has 0 aromatic carbocycles.